The highest BCUT2D eigenvalue weighted by molar-refractivity contribution is 5.87. The van der Waals surface area contributed by atoms with Gasteiger partial charge in [-0.1, -0.05) is 31.2 Å². The number of aryl methyl sites for hydroxylation is 2. The van der Waals surface area contributed by atoms with Gasteiger partial charge in [-0.05, 0) is 38.0 Å². The maximum atomic E-state index is 7.65. The summed E-state index contributed by atoms with van der Waals surface area (Å²) in [6.45, 7) is 7.43. The van der Waals surface area contributed by atoms with Crippen molar-refractivity contribution in [3.8, 4) is 0 Å². The molecule has 0 amide bonds. The van der Waals surface area contributed by atoms with E-state index < -0.39 is 0 Å². The summed E-state index contributed by atoms with van der Waals surface area (Å²) in [4.78, 5) is 0. The summed E-state index contributed by atoms with van der Waals surface area (Å²) in [5.74, 6) is 0. The van der Waals surface area contributed by atoms with E-state index in [0.717, 1.165) is 6.54 Å². The third kappa shape index (κ3) is 3.71. The number of aromatic nitrogens is 1. The first-order valence-corrected chi connectivity index (χ1v) is 7.01. The maximum Gasteiger partial charge on any atom is 0.143 e. The average molecular weight is 275 g/mol. The smallest absolute Gasteiger partial charge is 0.143 e. The van der Waals surface area contributed by atoms with Gasteiger partial charge in [-0.15, -0.1) is 0 Å². The molecule has 0 radical (unpaired) electrons. The third-order valence-corrected chi connectivity index (χ3v) is 3.17. The van der Waals surface area contributed by atoms with Crippen molar-refractivity contribution in [3.63, 3.8) is 0 Å². The van der Waals surface area contributed by atoms with Crippen molar-refractivity contribution in [1.82, 2.24) is 4.57 Å². The van der Waals surface area contributed by atoms with Crippen LogP contribution in [0.1, 0.15) is 31.5 Å². The molecule has 1 aromatic heterocycles. The molecule has 0 aliphatic carbocycles. The van der Waals surface area contributed by atoms with Crippen molar-refractivity contribution in [2.45, 2.75) is 33.7 Å². The lowest BCUT2D eigenvalue weighted by molar-refractivity contribution is 0.0325. The predicted molar refractivity (Wildman–Crippen MR) is 85.8 cm³/mol. The van der Waals surface area contributed by atoms with E-state index in [1.807, 2.05) is 0 Å². The number of ether oxygens (including phenoxy) is 1. The highest BCUT2D eigenvalue weighted by Gasteiger charge is 2.10. The van der Waals surface area contributed by atoms with Crippen LogP contribution in [0.5, 0.6) is 0 Å². The maximum absolute atomic E-state index is 7.65. The van der Waals surface area contributed by atoms with Crippen LogP contribution in [0.3, 0.4) is 0 Å². The quantitative estimate of drug-likeness (QED) is 0.857. The fourth-order valence-electron chi connectivity index (χ4n) is 2.33. The first-order chi connectivity index (χ1) is 9.71. The van der Waals surface area contributed by atoms with E-state index in [-0.39, 0.29) is 6.79 Å². The Labute approximate surface area is 121 Å². The van der Waals surface area contributed by atoms with Gasteiger partial charge >= 0.3 is 0 Å². The highest BCUT2D eigenvalue weighted by Crippen LogP contribution is 2.26. The molecular weight excluding hydrogens is 250 g/mol. The molecule has 1 aromatic carbocycles. The van der Waals surface area contributed by atoms with Crippen LogP contribution in [0.25, 0.3) is 17.0 Å². The molecule has 2 rings (SSSR count). The molecule has 3 heteroatoms. The van der Waals surface area contributed by atoms with Crippen LogP contribution in [0, 0.1) is 6.92 Å². The zero-order valence-corrected chi connectivity index (χ0v) is 12.9. The van der Waals surface area contributed by atoms with Crippen LogP contribution < -0.4 is 0 Å². The Kier molecular flexibility index (Phi) is 7.05. The summed E-state index contributed by atoms with van der Waals surface area (Å²) < 4.78 is 6.52. The van der Waals surface area contributed by atoms with Crippen LogP contribution in [-0.4, -0.2) is 23.6 Å². The fourth-order valence-corrected chi connectivity index (χ4v) is 2.33. The molecule has 20 heavy (non-hydrogen) atoms. The molecule has 0 saturated carbocycles. The van der Waals surface area contributed by atoms with E-state index in [1.165, 1.54) is 35.7 Å². The second kappa shape index (κ2) is 8.56. The minimum atomic E-state index is -0.181. The number of aliphatic hydroxyl groups excluding tert-OH is 1. The number of fused-ring (bicyclic) bond motifs is 1. The topological polar surface area (TPSA) is 34.4 Å². The second-order valence-corrected chi connectivity index (χ2v) is 4.60. The molecule has 0 aliphatic heterocycles. The van der Waals surface area contributed by atoms with Crippen molar-refractivity contribution < 1.29 is 9.84 Å². The van der Waals surface area contributed by atoms with Crippen molar-refractivity contribution >= 4 is 17.0 Å². The van der Waals surface area contributed by atoms with Crippen molar-refractivity contribution in [3.05, 3.63) is 41.6 Å². The molecule has 0 spiro atoms. The zero-order chi connectivity index (χ0) is 15.0. The Hall–Kier alpha value is -1.58. The molecule has 1 N–H and O–H groups in total. The number of benzene rings is 1. The summed E-state index contributed by atoms with van der Waals surface area (Å²) in [5, 5.41) is 9.03. The molecule has 0 atom stereocenters. The van der Waals surface area contributed by atoms with E-state index in [2.05, 4.69) is 66.5 Å². The molecule has 1 heterocycles. The molecule has 2 aromatic rings. The average Bonchev–Trinajstić information content (AvgIpc) is 2.75. The van der Waals surface area contributed by atoms with Gasteiger partial charge in [0.2, 0.25) is 0 Å². The third-order valence-electron chi connectivity index (χ3n) is 3.17. The van der Waals surface area contributed by atoms with Gasteiger partial charge in [0, 0.05) is 30.3 Å². The van der Waals surface area contributed by atoms with Gasteiger partial charge in [-0.2, -0.15) is 0 Å². The number of rotatable bonds is 4. The summed E-state index contributed by atoms with van der Waals surface area (Å²) in [6, 6.07) is 8.66. The number of methoxy groups -OCH3 is 1. The van der Waals surface area contributed by atoms with E-state index in [0.29, 0.717) is 0 Å². The Morgan fingerprint density at radius 1 is 1.30 bits per heavy atom. The first-order valence-electron chi connectivity index (χ1n) is 7.01. The Bertz CT molecular complexity index is 553. The molecule has 110 valence electrons. The number of allylic oxidation sites excluding steroid dienone is 1. The van der Waals surface area contributed by atoms with Gasteiger partial charge in [-0.25, -0.2) is 0 Å². The van der Waals surface area contributed by atoms with Crippen LogP contribution in [0.4, 0.5) is 0 Å². The summed E-state index contributed by atoms with van der Waals surface area (Å²) in [5.41, 5.74) is 4.10. The predicted octanol–water partition coefficient (Wildman–Crippen LogP) is 3.98. The first kappa shape index (κ1) is 16.5. The number of hydrogen-bond acceptors (Lipinski definition) is 2. The second-order valence-electron chi connectivity index (χ2n) is 4.60. The van der Waals surface area contributed by atoms with E-state index in [9.17, 15) is 0 Å². The Morgan fingerprint density at radius 2 is 1.95 bits per heavy atom. The molecule has 0 fully saturated rings. The number of aliphatic hydroxyl groups is 1. The molecule has 0 saturated heterocycles. The lowest BCUT2D eigenvalue weighted by atomic mass is 10.1. The highest BCUT2D eigenvalue weighted by atomic mass is 16.6. The summed E-state index contributed by atoms with van der Waals surface area (Å²) >= 11 is 0. The number of para-hydroxylation sites is 1. The van der Waals surface area contributed by atoms with Gasteiger partial charge in [-0.3, -0.25) is 0 Å². The van der Waals surface area contributed by atoms with Gasteiger partial charge in [0.15, 0.2) is 0 Å². The SMILES string of the molecule is C/C=C\c1c(C)c2ccccc2n1CCC.COCO. The van der Waals surface area contributed by atoms with Crippen LogP contribution >= 0.6 is 0 Å². The normalized spacial score (nSPS) is 10.8. The number of nitrogens with zero attached hydrogens (tertiary/aromatic N) is 1. The van der Waals surface area contributed by atoms with Crippen molar-refractivity contribution in [1.29, 1.82) is 0 Å². The zero-order valence-electron chi connectivity index (χ0n) is 12.9. The minimum Gasteiger partial charge on any atom is -0.371 e. The lowest BCUT2D eigenvalue weighted by Crippen LogP contribution is -1.99. The largest absolute Gasteiger partial charge is 0.371 e. The fraction of sp³-hybridized carbons (Fsp3) is 0.412. The lowest BCUT2D eigenvalue weighted by Gasteiger charge is -2.06. The van der Waals surface area contributed by atoms with Crippen molar-refractivity contribution in [2.75, 3.05) is 13.9 Å². The molecular formula is C17H25NO2. The minimum absolute atomic E-state index is 0.181. The van der Waals surface area contributed by atoms with Gasteiger partial charge < -0.3 is 14.4 Å². The van der Waals surface area contributed by atoms with Crippen LogP contribution in [0.2, 0.25) is 0 Å². The molecule has 3 nitrogen and oxygen atoms in total. The summed E-state index contributed by atoms with van der Waals surface area (Å²) in [6.07, 6.45) is 5.50. The van der Waals surface area contributed by atoms with Crippen molar-refractivity contribution in [2.24, 2.45) is 0 Å². The Morgan fingerprint density at radius 3 is 2.50 bits per heavy atom. The molecule has 0 aliphatic rings. The van der Waals surface area contributed by atoms with Gasteiger partial charge in [0.1, 0.15) is 6.79 Å². The van der Waals surface area contributed by atoms with Crippen LogP contribution in [-0.2, 0) is 11.3 Å². The standard InChI is InChI=1S/C15H19N.C2H6O2/c1-4-8-14-12(3)13-9-6-7-10-15(13)16(14)11-5-2;1-4-2-3/h4,6-10H,5,11H2,1-3H3;3H,2H2,1H3/b8-4-;. The van der Waals surface area contributed by atoms with E-state index >= 15 is 0 Å². The van der Waals surface area contributed by atoms with Crippen LogP contribution in [0.15, 0.2) is 30.3 Å². The van der Waals surface area contributed by atoms with Gasteiger partial charge in [0.05, 0.1) is 0 Å². The summed E-state index contributed by atoms with van der Waals surface area (Å²) in [7, 11) is 1.43. The monoisotopic (exact) mass is 275 g/mol. The van der Waals surface area contributed by atoms with Gasteiger partial charge in [0.25, 0.3) is 0 Å². The number of hydrogen-bond donors (Lipinski definition) is 1. The molecule has 0 bridgehead atoms. The van der Waals surface area contributed by atoms with E-state index in [1.54, 1.807) is 0 Å². The van der Waals surface area contributed by atoms with E-state index in [4.69, 9.17) is 5.11 Å². The Balaban J connectivity index is 0.000000444. The molecule has 0 unspecified atom stereocenters.